The summed E-state index contributed by atoms with van der Waals surface area (Å²) in [6.45, 7) is 3.52. The summed E-state index contributed by atoms with van der Waals surface area (Å²) in [5.41, 5.74) is 5.33. The molecule has 5 heteroatoms. The fourth-order valence-electron chi connectivity index (χ4n) is 6.05. The summed E-state index contributed by atoms with van der Waals surface area (Å²) < 4.78 is 25.4. The number of nitrogens with zero attached hydrogens (tertiary/aromatic N) is 1. The molecule has 0 unspecified atom stereocenters. The van der Waals surface area contributed by atoms with Crippen molar-refractivity contribution in [2.24, 2.45) is 0 Å². The van der Waals surface area contributed by atoms with Gasteiger partial charge in [-0.15, -0.1) is 0 Å². The zero-order valence-corrected chi connectivity index (χ0v) is 22.9. The summed E-state index contributed by atoms with van der Waals surface area (Å²) in [5, 5.41) is 2.38. The van der Waals surface area contributed by atoms with Gasteiger partial charge in [-0.1, -0.05) is 64.7 Å². The van der Waals surface area contributed by atoms with Gasteiger partial charge in [-0.2, -0.15) is 4.57 Å². The number of aryl methyl sites for hydroxylation is 3. The molecular weight excluding hydrogens is 462 g/mol. The summed E-state index contributed by atoms with van der Waals surface area (Å²) in [6, 6.07) is 8.63. The zero-order chi connectivity index (χ0) is 25.6. The van der Waals surface area contributed by atoms with Gasteiger partial charge in [0, 0.05) is 17.4 Å². The fourth-order valence-corrected chi connectivity index (χ4v) is 6.05. The smallest absolute Gasteiger partial charge is 0.231 e. The van der Waals surface area contributed by atoms with Crippen LogP contribution < -0.4 is 23.5 Å². The van der Waals surface area contributed by atoms with Crippen molar-refractivity contribution in [1.29, 1.82) is 0 Å². The molecule has 0 bridgehead atoms. The molecule has 37 heavy (non-hydrogen) atoms. The van der Waals surface area contributed by atoms with Gasteiger partial charge in [-0.3, -0.25) is 0 Å². The van der Waals surface area contributed by atoms with Crippen LogP contribution in [0, 0.1) is 0 Å². The molecule has 0 saturated carbocycles. The quantitative estimate of drug-likeness (QED) is 0.178. The van der Waals surface area contributed by atoms with Crippen LogP contribution in [0.3, 0.4) is 0 Å². The SMILES string of the molecule is CCCCCCCCCCCCc1c2[n+](cc3c(OC)c(OC)ccc13)CCc1cc3c(cc1-2)OCO3. The molecule has 1 aromatic heterocycles. The van der Waals surface area contributed by atoms with Gasteiger partial charge in [0.1, 0.15) is 0 Å². The van der Waals surface area contributed by atoms with Crippen molar-refractivity contribution in [3.8, 4) is 34.3 Å². The second kappa shape index (κ2) is 12.1. The monoisotopic (exact) mass is 504 g/mol. The number of pyridine rings is 1. The predicted molar refractivity (Wildman–Crippen MR) is 148 cm³/mol. The lowest BCUT2D eigenvalue weighted by Crippen LogP contribution is -2.41. The molecular formula is C32H42NO4+. The van der Waals surface area contributed by atoms with Crippen LogP contribution in [-0.4, -0.2) is 21.0 Å². The lowest BCUT2D eigenvalue weighted by molar-refractivity contribution is -0.686. The molecule has 0 radical (unpaired) electrons. The minimum Gasteiger partial charge on any atom is -0.493 e. The van der Waals surface area contributed by atoms with E-state index >= 15 is 0 Å². The standard InChI is InChI=1S/C32H42NO4/c1-4-5-6-7-8-9-10-11-12-13-14-25-24-15-16-28(34-2)32(35-3)27(24)21-33-18-17-23-19-29-30(37-22-36-29)20-26(23)31(25)33/h15-16,19-21H,4-14,17-18,22H2,1-3H3/q+1. The van der Waals surface area contributed by atoms with Gasteiger partial charge < -0.3 is 18.9 Å². The summed E-state index contributed by atoms with van der Waals surface area (Å²) in [7, 11) is 3.44. The largest absolute Gasteiger partial charge is 0.493 e. The van der Waals surface area contributed by atoms with E-state index in [0.717, 1.165) is 47.8 Å². The minimum atomic E-state index is 0.304. The Morgan fingerprint density at radius 3 is 2.22 bits per heavy atom. The summed E-state index contributed by atoms with van der Waals surface area (Å²) in [4.78, 5) is 0. The highest BCUT2D eigenvalue weighted by atomic mass is 16.7. The van der Waals surface area contributed by atoms with Crippen molar-refractivity contribution in [3.63, 3.8) is 0 Å². The maximum atomic E-state index is 5.86. The number of hydrogen-bond donors (Lipinski definition) is 0. The Bertz CT molecular complexity index is 1240. The van der Waals surface area contributed by atoms with Crippen LogP contribution in [0.25, 0.3) is 22.0 Å². The number of methoxy groups -OCH3 is 2. The third-order valence-electron chi connectivity index (χ3n) is 8.02. The highest BCUT2D eigenvalue weighted by molar-refractivity contribution is 5.95. The van der Waals surface area contributed by atoms with Crippen molar-refractivity contribution in [2.75, 3.05) is 21.0 Å². The minimum absolute atomic E-state index is 0.304. The number of aromatic nitrogens is 1. The molecule has 0 aliphatic carbocycles. The fraction of sp³-hybridized carbons (Fsp3) is 0.531. The first-order valence-electron chi connectivity index (χ1n) is 14.3. The van der Waals surface area contributed by atoms with Gasteiger partial charge in [-0.25, -0.2) is 0 Å². The molecule has 3 heterocycles. The molecule has 5 nitrogen and oxygen atoms in total. The number of hydrogen-bond acceptors (Lipinski definition) is 4. The van der Waals surface area contributed by atoms with E-state index in [0.29, 0.717) is 6.79 Å². The average molecular weight is 505 g/mol. The normalized spacial score (nSPS) is 13.5. The molecule has 0 spiro atoms. The molecule has 0 fully saturated rings. The van der Waals surface area contributed by atoms with E-state index in [1.807, 2.05) is 6.07 Å². The highest BCUT2D eigenvalue weighted by Crippen LogP contribution is 2.44. The van der Waals surface area contributed by atoms with Crippen LogP contribution in [0.4, 0.5) is 0 Å². The maximum Gasteiger partial charge on any atom is 0.231 e. The Morgan fingerprint density at radius 2 is 1.51 bits per heavy atom. The second-order valence-electron chi connectivity index (χ2n) is 10.5. The molecule has 2 aliphatic heterocycles. The third kappa shape index (κ3) is 5.37. The molecule has 2 aliphatic rings. The van der Waals surface area contributed by atoms with E-state index in [9.17, 15) is 0 Å². The lowest BCUT2D eigenvalue weighted by atomic mass is 9.89. The van der Waals surface area contributed by atoms with Crippen molar-refractivity contribution >= 4 is 10.8 Å². The lowest BCUT2D eigenvalue weighted by Gasteiger charge is -2.21. The van der Waals surface area contributed by atoms with Gasteiger partial charge in [0.05, 0.1) is 25.2 Å². The molecule has 198 valence electrons. The van der Waals surface area contributed by atoms with Crippen molar-refractivity contribution in [2.45, 2.75) is 90.5 Å². The van der Waals surface area contributed by atoms with Crippen LogP contribution >= 0.6 is 0 Å². The summed E-state index contributed by atoms with van der Waals surface area (Å²) in [5.74, 6) is 3.32. The number of ether oxygens (including phenoxy) is 4. The van der Waals surface area contributed by atoms with Gasteiger partial charge in [0.25, 0.3) is 0 Å². The van der Waals surface area contributed by atoms with Crippen LogP contribution in [0.5, 0.6) is 23.0 Å². The van der Waals surface area contributed by atoms with Gasteiger partial charge in [0.2, 0.25) is 12.5 Å². The van der Waals surface area contributed by atoms with Crippen molar-refractivity contribution in [1.82, 2.24) is 0 Å². The molecule has 0 saturated heterocycles. The first-order valence-corrected chi connectivity index (χ1v) is 14.3. The van der Waals surface area contributed by atoms with Crippen LogP contribution in [0.1, 0.15) is 82.3 Å². The first-order chi connectivity index (χ1) is 18.2. The van der Waals surface area contributed by atoms with Gasteiger partial charge in [-0.05, 0) is 42.7 Å². The summed E-state index contributed by atoms with van der Waals surface area (Å²) in [6.07, 6.45) is 17.7. The van der Waals surface area contributed by atoms with Crippen molar-refractivity contribution in [3.05, 3.63) is 41.6 Å². The number of rotatable bonds is 13. The molecule has 2 aromatic carbocycles. The van der Waals surface area contributed by atoms with E-state index in [1.165, 1.54) is 92.0 Å². The second-order valence-corrected chi connectivity index (χ2v) is 10.5. The van der Waals surface area contributed by atoms with E-state index < -0.39 is 0 Å². The first kappa shape index (κ1) is 25.7. The van der Waals surface area contributed by atoms with E-state index in [4.69, 9.17) is 18.9 Å². The van der Waals surface area contributed by atoms with Crippen LogP contribution in [0.2, 0.25) is 0 Å². The Labute approximate surface area is 221 Å². The maximum absolute atomic E-state index is 5.86. The number of benzene rings is 2. The third-order valence-corrected chi connectivity index (χ3v) is 8.02. The van der Waals surface area contributed by atoms with E-state index in [1.54, 1.807) is 14.2 Å². The Balaban J connectivity index is 1.42. The summed E-state index contributed by atoms with van der Waals surface area (Å²) >= 11 is 0. The van der Waals surface area contributed by atoms with Gasteiger partial charge in [0.15, 0.2) is 35.7 Å². The molecule has 0 atom stereocenters. The highest BCUT2D eigenvalue weighted by Gasteiger charge is 2.32. The predicted octanol–water partition coefficient (Wildman–Crippen LogP) is 7.56. The molecule has 0 amide bonds. The number of fused-ring (bicyclic) bond motifs is 5. The molecule has 5 rings (SSSR count). The van der Waals surface area contributed by atoms with Crippen molar-refractivity contribution < 1.29 is 23.5 Å². The zero-order valence-electron chi connectivity index (χ0n) is 22.9. The van der Waals surface area contributed by atoms with Crippen LogP contribution in [-0.2, 0) is 19.4 Å². The Kier molecular flexibility index (Phi) is 8.38. The van der Waals surface area contributed by atoms with E-state index in [-0.39, 0.29) is 0 Å². The molecule has 3 aromatic rings. The van der Waals surface area contributed by atoms with Gasteiger partial charge >= 0.3 is 0 Å². The number of unbranched alkanes of at least 4 members (excludes halogenated alkanes) is 9. The topological polar surface area (TPSA) is 40.8 Å². The Morgan fingerprint density at radius 1 is 0.811 bits per heavy atom. The molecule has 0 N–H and O–H groups in total. The Hall–Kier alpha value is -2.95. The van der Waals surface area contributed by atoms with E-state index in [2.05, 4.69) is 35.9 Å². The van der Waals surface area contributed by atoms with Crippen LogP contribution in [0.15, 0.2) is 30.5 Å². The average Bonchev–Trinajstić information content (AvgIpc) is 3.39.